The van der Waals surface area contributed by atoms with Gasteiger partial charge in [0.05, 0.1) is 33.1 Å². The standard InChI is InChI=1S/C22H28O4Si/c1-25-21(24)22-12-15(10-16(22)11-17-18(22)13-26-20(17)23)19(27(2,3)4)14-8-6-5-7-9-14/h5-9,16-18H,10-13H2,1-4H3/b19-15+/t16-,17-,18-,22+/m0/s1. The molecule has 1 heterocycles. The Balaban J connectivity index is 1.83. The summed E-state index contributed by atoms with van der Waals surface area (Å²) in [6.07, 6.45) is 2.34. The minimum absolute atomic E-state index is 0.0430. The van der Waals surface area contributed by atoms with E-state index >= 15 is 0 Å². The Hall–Kier alpha value is -1.88. The maximum absolute atomic E-state index is 13.0. The first-order valence-electron chi connectivity index (χ1n) is 9.82. The number of methoxy groups -OCH3 is 1. The lowest BCUT2D eigenvalue weighted by molar-refractivity contribution is -0.157. The summed E-state index contributed by atoms with van der Waals surface area (Å²) in [5.41, 5.74) is 2.08. The van der Waals surface area contributed by atoms with Gasteiger partial charge >= 0.3 is 11.9 Å². The van der Waals surface area contributed by atoms with Crippen molar-refractivity contribution in [3.05, 3.63) is 41.5 Å². The van der Waals surface area contributed by atoms with Crippen LogP contribution in [-0.2, 0) is 19.1 Å². The van der Waals surface area contributed by atoms with Crippen molar-refractivity contribution in [2.75, 3.05) is 13.7 Å². The molecular formula is C22H28O4Si. The van der Waals surface area contributed by atoms with Crippen LogP contribution in [0.25, 0.3) is 5.20 Å². The molecule has 4 nitrogen and oxygen atoms in total. The Bertz CT molecular complexity index is 807. The molecule has 1 saturated heterocycles. The van der Waals surface area contributed by atoms with Crippen molar-refractivity contribution >= 4 is 25.2 Å². The normalized spacial score (nSPS) is 34.1. The molecule has 0 spiro atoms. The van der Waals surface area contributed by atoms with Gasteiger partial charge in [-0.05, 0) is 30.7 Å². The van der Waals surface area contributed by atoms with Gasteiger partial charge in [-0.25, -0.2) is 0 Å². The first-order valence-corrected chi connectivity index (χ1v) is 13.3. The van der Waals surface area contributed by atoms with Crippen molar-refractivity contribution in [1.29, 1.82) is 0 Å². The number of ether oxygens (including phenoxy) is 2. The topological polar surface area (TPSA) is 52.6 Å². The van der Waals surface area contributed by atoms with Crippen molar-refractivity contribution in [3.8, 4) is 0 Å². The lowest BCUT2D eigenvalue weighted by Gasteiger charge is -2.31. The van der Waals surface area contributed by atoms with E-state index < -0.39 is 13.5 Å². The monoisotopic (exact) mass is 384 g/mol. The third-order valence-electron chi connectivity index (χ3n) is 6.85. The van der Waals surface area contributed by atoms with Gasteiger partial charge in [0.25, 0.3) is 0 Å². The molecule has 0 bridgehead atoms. The molecule has 1 aromatic rings. The van der Waals surface area contributed by atoms with Crippen LogP contribution in [0, 0.1) is 23.2 Å². The summed E-state index contributed by atoms with van der Waals surface area (Å²) in [5, 5.41) is 1.46. The molecule has 3 fully saturated rings. The Labute approximate surface area is 161 Å². The number of hydrogen-bond acceptors (Lipinski definition) is 4. The maximum Gasteiger partial charge on any atom is 0.312 e. The van der Waals surface area contributed by atoms with E-state index in [0.29, 0.717) is 13.0 Å². The molecule has 1 aliphatic heterocycles. The van der Waals surface area contributed by atoms with Crippen LogP contribution in [0.5, 0.6) is 0 Å². The minimum atomic E-state index is -1.64. The Morgan fingerprint density at radius 1 is 1.22 bits per heavy atom. The summed E-state index contributed by atoms with van der Waals surface area (Å²) >= 11 is 0. The lowest BCUT2D eigenvalue weighted by Crippen LogP contribution is -2.39. The fraction of sp³-hybridized carbons (Fsp3) is 0.545. The second-order valence-corrected chi connectivity index (χ2v) is 14.3. The maximum atomic E-state index is 13.0. The molecule has 2 aliphatic carbocycles. The van der Waals surface area contributed by atoms with Crippen molar-refractivity contribution in [2.24, 2.45) is 23.2 Å². The quantitative estimate of drug-likeness (QED) is 0.582. The average molecular weight is 385 g/mol. The zero-order valence-electron chi connectivity index (χ0n) is 16.6. The average Bonchev–Trinajstić information content (AvgIpc) is 3.24. The highest BCUT2D eigenvalue weighted by molar-refractivity contribution is 6.93. The van der Waals surface area contributed by atoms with Crippen LogP contribution >= 0.6 is 0 Å². The van der Waals surface area contributed by atoms with E-state index in [9.17, 15) is 9.59 Å². The highest BCUT2D eigenvalue weighted by Gasteiger charge is 2.67. The van der Waals surface area contributed by atoms with Gasteiger partial charge in [-0.3, -0.25) is 9.59 Å². The molecule has 4 atom stereocenters. The molecular weight excluding hydrogens is 356 g/mol. The number of benzene rings is 1. The fourth-order valence-electron chi connectivity index (χ4n) is 5.95. The van der Waals surface area contributed by atoms with E-state index in [1.54, 1.807) is 0 Å². The van der Waals surface area contributed by atoms with Crippen molar-refractivity contribution in [3.63, 3.8) is 0 Å². The van der Waals surface area contributed by atoms with E-state index in [1.807, 2.05) is 6.07 Å². The molecule has 1 aromatic carbocycles. The summed E-state index contributed by atoms with van der Waals surface area (Å²) in [5.74, 6) is -0.285. The van der Waals surface area contributed by atoms with E-state index in [1.165, 1.54) is 23.4 Å². The van der Waals surface area contributed by atoms with E-state index in [2.05, 4.69) is 43.9 Å². The number of hydrogen-bond donors (Lipinski definition) is 0. The fourth-order valence-corrected chi connectivity index (χ4v) is 8.24. The first kappa shape index (κ1) is 18.5. The van der Waals surface area contributed by atoms with E-state index in [-0.39, 0.29) is 29.7 Å². The van der Waals surface area contributed by atoms with Gasteiger partial charge in [0.2, 0.25) is 0 Å². The summed E-state index contributed by atoms with van der Waals surface area (Å²) in [6, 6.07) is 10.6. The van der Waals surface area contributed by atoms with Gasteiger partial charge in [0.1, 0.15) is 0 Å². The predicted octanol–water partition coefficient (Wildman–Crippen LogP) is 4.08. The zero-order chi connectivity index (χ0) is 19.4. The van der Waals surface area contributed by atoms with Crippen LogP contribution in [-0.4, -0.2) is 33.7 Å². The number of carbonyl (C=O) groups is 2. The number of esters is 2. The minimum Gasteiger partial charge on any atom is -0.469 e. The number of cyclic esters (lactones) is 1. The van der Waals surface area contributed by atoms with Crippen molar-refractivity contribution < 1.29 is 19.1 Å². The first-order chi connectivity index (χ1) is 12.8. The highest BCUT2D eigenvalue weighted by Crippen LogP contribution is 2.64. The van der Waals surface area contributed by atoms with E-state index in [4.69, 9.17) is 9.47 Å². The van der Waals surface area contributed by atoms with Crippen LogP contribution in [0.2, 0.25) is 19.6 Å². The SMILES string of the molecule is COC(=O)[C@]12C/C(=C(\c3ccccc3)[Si](C)(C)C)C[C@H]1C[C@@H]1C(=O)OC[C@@H]12. The number of allylic oxidation sites excluding steroid dienone is 1. The van der Waals surface area contributed by atoms with Gasteiger partial charge in [-0.1, -0.05) is 60.7 Å². The third-order valence-corrected chi connectivity index (χ3v) is 8.99. The Morgan fingerprint density at radius 3 is 2.56 bits per heavy atom. The van der Waals surface area contributed by atoms with Crippen LogP contribution in [0.15, 0.2) is 35.9 Å². The molecule has 4 rings (SSSR count). The molecule has 5 heteroatoms. The van der Waals surface area contributed by atoms with Gasteiger partial charge < -0.3 is 9.47 Å². The Kier molecular flexibility index (Phi) is 4.33. The molecule has 27 heavy (non-hydrogen) atoms. The summed E-state index contributed by atoms with van der Waals surface area (Å²) in [6.45, 7) is 7.46. The van der Waals surface area contributed by atoms with Crippen molar-refractivity contribution in [1.82, 2.24) is 0 Å². The molecule has 0 N–H and O–H groups in total. The molecule has 0 radical (unpaired) electrons. The summed E-state index contributed by atoms with van der Waals surface area (Å²) in [4.78, 5) is 25.2. The second-order valence-electron chi connectivity index (χ2n) is 9.28. The van der Waals surface area contributed by atoms with Gasteiger partial charge in [0.15, 0.2) is 0 Å². The van der Waals surface area contributed by atoms with Crippen molar-refractivity contribution in [2.45, 2.75) is 38.9 Å². The molecule has 0 aromatic heterocycles. The number of carbonyl (C=O) groups excluding carboxylic acids is 2. The predicted molar refractivity (Wildman–Crippen MR) is 106 cm³/mol. The molecule has 2 saturated carbocycles. The lowest BCUT2D eigenvalue weighted by atomic mass is 9.73. The van der Waals surface area contributed by atoms with Crippen LogP contribution < -0.4 is 0 Å². The zero-order valence-corrected chi connectivity index (χ0v) is 17.6. The summed E-state index contributed by atoms with van der Waals surface area (Å²) in [7, 11) is -0.166. The molecule has 144 valence electrons. The Morgan fingerprint density at radius 2 is 1.93 bits per heavy atom. The smallest absolute Gasteiger partial charge is 0.312 e. The van der Waals surface area contributed by atoms with E-state index in [0.717, 1.165) is 12.8 Å². The summed E-state index contributed by atoms with van der Waals surface area (Å²) < 4.78 is 10.6. The van der Waals surface area contributed by atoms with Gasteiger partial charge in [-0.15, -0.1) is 0 Å². The van der Waals surface area contributed by atoms with Crippen LogP contribution in [0.1, 0.15) is 24.8 Å². The van der Waals surface area contributed by atoms with Crippen LogP contribution in [0.4, 0.5) is 0 Å². The van der Waals surface area contributed by atoms with Gasteiger partial charge in [-0.2, -0.15) is 0 Å². The molecule has 3 aliphatic rings. The van der Waals surface area contributed by atoms with Crippen LogP contribution in [0.3, 0.4) is 0 Å². The van der Waals surface area contributed by atoms with Gasteiger partial charge in [0, 0.05) is 5.92 Å². The molecule has 0 unspecified atom stereocenters. The number of rotatable bonds is 3. The third kappa shape index (κ3) is 2.70. The second kappa shape index (κ2) is 6.33. The number of fused-ring (bicyclic) bond motifs is 3. The highest BCUT2D eigenvalue weighted by atomic mass is 28.3. The molecule has 0 amide bonds. The largest absolute Gasteiger partial charge is 0.469 e.